The summed E-state index contributed by atoms with van der Waals surface area (Å²) in [5.74, 6) is -0.133. The smallest absolute Gasteiger partial charge is 0.297 e. The van der Waals surface area contributed by atoms with E-state index in [-0.39, 0.29) is 23.6 Å². The second kappa shape index (κ2) is 7.08. The van der Waals surface area contributed by atoms with Crippen molar-refractivity contribution in [3.05, 3.63) is 65.2 Å². The van der Waals surface area contributed by atoms with Crippen LogP contribution in [0.25, 0.3) is 22.1 Å². The standard InChI is InChI=1S/C22H19N3O3S/c1-14-10-11-25(16-7-3-5-9-18(16)29-14)19(26)12-24-13-23-20-15-6-2-4-8-17(15)28-21(20)22(24)27/h2-9,13-14H,10-12H2,1H3/t14-/m1/s1. The van der Waals surface area contributed by atoms with Gasteiger partial charge in [-0.1, -0.05) is 31.2 Å². The van der Waals surface area contributed by atoms with Crippen LogP contribution in [0.2, 0.25) is 0 Å². The Labute approximate surface area is 171 Å². The fraction of sp³-hybridized carbons (Fsp3) is 0.227. The fourth-order valence-electron chi connectivity index (χ4n) is 3.70. The number of benzene rings is 2. The molecule has 146 valence electrons. The monoisotopic (exact) mass is 405 g/mol. The van der Waals surface area contributed by atoms with Crippen LogP contribution in [0.3, 0.4) is 0 Å². The molecule has 3 heterocycles. The van der Waals surface area contributed by atoms with Gasteiger partial charge in [-0.25, -0.2) is 4.98 Å². The first-order chi connectivity index (χ1) is 14.1. The number of rotatable bonds is 2. The van der Waals surface area contributed by atoms with Crippen molar-refractivity contribution >= 4 is 45.4 Å². The van der Waals surface area contributed by atoms with Gasteiger partial charge in [0.15, 0.2) is 0 Å². The average Bonchev–Trinajstić information content (AvgIpc) is 3.01. The number of fused-ring (bicyclic) bond motifs is 4. The van der Waals surface area contributed by atoms with Gasteiger partial charge in [-0.05, 0) is 30.7 Å². The van der Waals surface area contributed by atoms with Gasteiger partial charge in [0.1, 0.15) is 17.6 Å². The second-order valence-electron chi connectivity index (χ2n) is 7.18. The summed E-state index contributed by atoms with van der Waals surface area (Å²) in [7, 11) is 0. The summed E-state index contributed by atoms with van der Waals surface area (Å²) in [4.78, 5) is 33.3. The van der Waals surface area contributed by atoms with Crippen LogP contribution >= 0.6 is 11.8 Å². The van der Waals surface area contributed by atoms with Crippen molar-refractivity contribution in [3.8, 4) is 0 Å². The van der Waals surface area contributed by atoms with Gasteiger partial charge in [-0.2, -0.15) is 0 Å². The number of anilines is 1. The minimum Gasteiger partial charge on any atom is -0.448 e. The first-order valence-corrected chi connectivity index (χ1v) is 10.4. The lowest BCUT2D eigenvalue weighted by Crippen LogP contribution is -2.37. The summed E-state index contributed by atoms with van der Waals surface area (Å²) in [5, 5.41) is 1.22. The number of hydrogen-bond acceptors (Lipinski definition) is 5. The van der Waals surface area contributed by atoms with Crippen molar-refractivity contribution in [2.45, 2.75) is 30.0 Å². The summed E-state index contributed by atoms with van der Waals surface area (Å²) in [6, 6.07) is 15.3. The molecule has 1 aliphatic rings. The van der Waals surface area contributed by atoms with Gasteiger partial charge in [0, 0.05) is 22.1 Å². The maximum atomic E-state index is 13.1. The summed E-state index contributed by atoms with van der Waals surface area (Å²) in [6.45, 7) is 2.71. The number of hydrogen-bond donors (Lipinski definition) is 0. The molecule has 0 bridgehead atoms. The Morgan fingerprint density at radius 2 is 2.00 bits per heavy atom. The molecule has 6 nitrogen and oxygen atoms in total. The highest BCUT2D eigenvalue weighted by molar-refractivity contribution is 8.00. The number of carbonyl (C=O) groups is 1. The molecule has 0 unspecified atom stereocenters. The Bertz CT molecular complexity index is 1290. The SMILES string of the molecule is C[C@@H]1CCN(C(=O)Cn2cnc3c(oc4ccccc43)c2=O)c2ccccc2S1. The predicted molar refractivity (Wildman–Crippen MR) is 115 cm³/mol. The van der Waals surface area contributed by atoms with Crippen LogP contribution in [0.4, 0.5) is 5.69 Å². The predicted octanol–water partition coefficient (Wildman–Crippen LogP) is 4.06. The first kappa shape index (κ1) is 18.0. The average molecular weight is 405 g/mol. The fourth-order valence-corrected chi connectivity index (χ4v) is 4.82. The van der Waals surface area contributed by atoms with E-state index in [4.69, 9.17) is 4.42 Å². The molecule has 0 radical (unpaired) electrons. The van der Waals surface area contributed by atoms with Gasteiger partial charge in [0.05, 0.1) is 12.0 Å². The quantitative estimate of drug-likeness (QED) is 0.503. The number of thioether (sulfide) groups is 1. The number of amides is 1. The molecule has 0 saturated heterocycles. The zero-order valence-corrected chi connectivity index (χ0v) is 16.7. The van der Waals surface area contributed by atoms with E-state index in [0.717, 1.165) is 22.4 Å². The van der Waals surface area contributed by atoms with Crippen LogP contribution in [-0.2, 0) is 11.3 Å². The molecule has 2 aromatic heterocycles. The number of para-hydroxylation sites is 2. The molecule has 0 spiro atoms. The zero-order chi connectivity index (χ0) is 20.0. The molecule has 0 saturated carbocycles. The molecule has 1 amide bonds. The molecule has 2 aromatic carbocycles. The van der Waals surface area contributed by atoms with Crippen LogP contribution in [-0.4, -0.2) is 27.3 Å². The number of furan rings is 1. The van der Waals surface area contributed by atoms with E-state index in [1.807, 2.05) is 42.5 Å². The maximum absolute atomic E-state index is 13.1. The molecular weight excluding hydrogens is 386 g/mol. The highest BCUT2D eigenvalue weighted by Gasteiger charge is 2.25. The lowest BCUT2D eigenvalue weighted by Gasteiger charge is -2.22. The second-order valence-corrected chi connectivity index (χ2v) is 8.66. The highest BCUT2D eigenvalue weighted by Crippen LogP contribution is 2.37. The molecule has 7 heteroatoms. The zero-order valence-electron chi connectivity index (χ0n) is 15.9. The van der Waals surface area contributed by atoms with Gasteiger partial charge < -0.3 is 9.32 Å². The van der Waals surface area contributed by atoms with Gasteiger partial charge in [0.25, 0.3) is 5.56 Å². The number of nitrogens with zero attached hydrogens (tertiary/aromatic N) is 3. The van der Waals surface area contributed by atoms with E-state index in [1.54, 1.807) is 22.7 Å². The Morgan fingerprint density at radius 3 is 2.90 bits per heavy atom. The minimum atomic E-state index is -0.342. The van der Waals surface area contributed by atoms with Gasteiger partial charge in [0.2, 0.25) is 11.5 Å². The molecule has 4 aromatic rings. The normalized spacial score (nSPS) is 16.7. The first-order valence-electron chi connectivity index (χ1n) is 9.54. The van der Waals surface area contributed by atoms with Crippen LogP contribution in [0.15, 0.2) is 69.0 Å². The summed E-state index contributed by atoms with van der Waals surface area (Å²) in [5.41, 5.74) is 1.88. The lowest BCUT2D eigenvalue weighted by molar-refractivity contribution is -0.119. The van der Waals surface area contributed by atoms with Crippen LogP contribution in [0.5, 0.6) is 0 Å². The van der Waals surface area contributed by atoms with Gasteiger partial charge in [-0.15, -0.1) is 11.8 Å². The Morgan fingerprint density at radius 1 is 1.21 bits per heavy atom. The van der Waals surface area contributed by atoms with E-state index in [9.17, 15) is 9.59 Å². The molecule has 29 heavy (non-hydrogen) atoms. The largest absolute Gasteiger partial charge is 0.448 e. The van der Waals surface area contributed by atoms with E-state index in [1.165, 1.54) is 10.9 Å². The van der Waals surface area contributed by atoms with Gasteiger partial charge >= 0.3 is 0 Å². The van der Waals surface area contributed by atoms with Crippen molar-refractivity contribution in [2.24, 2.45) is 0 Å². The topological polar surface area (TPSA) is 68.3 Å². The van der Waals surface area contributed by atoms with E-state index < -0.39 is 0 Å². The van der Waals surface area contributed by atoms with Crippen LogP contribution < -0.4 is 10.5 Å². The van der Waals surface area contributed by atoms with E-state index in [2.05, 4.69) is 11.9 Å². The Balaban J connectivity index is 1.51. The third-order valence-electron chi connectivity index (χ3n) is 5.20. The molecule has 0 N–H and O–H groups in total. The molecular formula is C22H19N3O3S. The van der Waals surface area contributed by atoms with Crippen molar-refractivity contribution < 1.29 is 9.21 Å². The minimum absolute atomic E-state index is 0.0772. The van der Waals surface area contributed by atoms with Crippen molar-refractivity contribution in [1.82, 2.24) is 9.55 Å². The summed E-state index contributed by atoms with van der Waals surface area (Å²) < 4.78 is 7.05. The third-order valence-corrected chi connectivity index (χ3v) is 6.44. The van der Waals surface area contributed by atoms with Crippen LogP contribution in [0, 0.1) is 0 Å². The number of aromatic nitrogens is 2. The van der Waals surface area contributed by atoms with Crippen molar-refractivity contribution in [1.29, 1.82) is 0 Å². The third kappa shape index (κ3) is 3.11. The Kier molecular flexibility index (Phi) is 4.39. The van der Waals surface area contributed by atoms with Crippen LogP contribution in [0.1, 0.15) is 13.3 Å². The van der Waals surface area contributed by atoms with Crippen molar-refractivity contribution in [3.63, 3.8) is 0 Å². The maximum Gasteiger partial charge on any atom is 0.297 e. The molecule has 1 aliphatic heterocycles. The summed E-state index contributed by atoms with van der Waals surface area (Å²) >= 11 is 1.78. The molecule has 5 rings (SSSR count). The molecule has 0 aliphatic carbocycles. The van der Waals surface area contributed by atoms with Crippen molar-refractivity contribution in [2.75, 3.05) is 11.4 Å². The van der Waals surface area contributed by atoms with Gasteiger partial charge in [-0.3, -0.25) is 14.2 Å². The lowest BCUT2D eigenvalue weighted by atomic mass is 10.2. The molecule has 1 atom stereocenters. The van der Waals surface area contributed by atoms with E-state index in [0.29, 0.717) is 22.9 Å². The Hall–Kier alpha value is -3.06. The summed E-state index contributed by atoms with van der Waals surface area (Å²) in [6.07, 6.45) is 2.33. The molecule has 0 fully saturated rings. The van der Waals surface area contributed by atoms with E-state index >= 15 is 0 Å². The highest BCUT2D eigenvalue weighted by atomic mass is 32.2. The number of carbonyl (C=O) groups excluding carboxylic acids is 1.